The number of hydrogen-bond donors (Lipinski definition) is 1. The molecule has 2 N–H and O–H groups in total. The lowest BCUT2D eigenvalue weighted by Gasteiger charge is -2.00. The number of nitrogens with two attached hydrogens (primary N) is 1. The molecule has 0 aliphatic carbocycles. The lowest BCUT2D eigenvalue weighted by atomic mass is 10.3. The standard InChI is InChI=1S/C14H14N2O2S/c1-2-10-4-5-11(19-10)8-16-12-7-9(15)3-6-13(12)18-14(16)17/h3-7H,2,8,15H2,1H3. The fourth-order valence-electron chi connectivity index (χ4n) is 2.08. The van der Waals surface area contributed by atoms with Crippen LogP contribution in [0.2, 0.25) is 0 Å². The Morgan fingerprint density at radius 2 is 2.05 bits per heavy atom. The molecule has 0 aliphatic heterocycles. The second-order valence-electron chi connectivity index (χ2n) is 4.40. The minimum atomic E-state index is -0.341. The molecule has 3 aromatic rings. The molecule has 0 radical (unpaired) electrons. The predicted molar refractivity (Wildman–Crippen MR) is 77.7 cm³/mol. The Kier molecular flexibility index (Phi) is 2.91. The van der Waals surface area contributed by atoms with E-state index in [9.17, 15) is 4.79 Å². The van der Waals surface area contributed by atoms with Gasteiger partial charge in [-0.2, -0.15) is 0 Å². The van der Waals surface area contributed by atoms with Crippen LogP contribution in [0.15, 0.2) is 39.5 Å². The topological polar surface area (TPSA) is 61.2 Å². The van der Waals surface area contributed by atoms with Gasteiger partial charge in [0.15, 0.2) is 5.58 Å². The van der Waals surface area contributed by atoms with Crippen molar-refractivity contribution in [2.45, 2.75) is 19.9 Å². The molecular weight excluding hydrogens is 260 g/mol. The van der Waals surface area contributed by atoms with E-state index in [-0.39, 0.29) is 5.76 Å². The molecule has 0 saturated heterocycles. The van der Waals surface area contributed by atoms with E-state index in [1.54, 1.807) is 34.1 Å². The quantitative estimate of drug-likeness (QED) is 0.747. The summed E-state index contributed by atoms with van der Waals surface area (Å²) in [5.41, 5.74) is 7.72. The van der Waals surface area contributed by atoms with E-state index < -0.39 is 0 Å². The van der Waals surface area contributed by atoms with Crippen molar-refractivity contribution < 1.29 is 4.42 Å². The van der Waals surface area contributed by atoms with Crippen molar-refractivity contribution in [2.75, 3.05) is 5.73 Å². The third-order valence-corrected chi connectivity index (χ3v) is 4.29. The van der Waals surface area contributed by atoms with Crippen LogP contribution >= 0.6 is 11.3 Å². The van der Waals surface area contributed by atoms with Crippen molar-refractivity contribution in [1.29, 1.82) is 0 Å². The predicted octanol–water partition coefficient (Wildman–Crippen LogP) is 2.85. The van der Waals surface area contributed by atoms with Crippen LogP contribution < -0.4 is 11.5 Å². The summed E-state index contributed by atoms with van der Waals surface area (Å²) in [5, 5.41) is 0. The molecule has 0 amide bonds. The second kappa shape index (κ2) is 4.59. The Morgan fingerprint density at radius 1 is 1.26 bits per heavy atom. The van der Waals surface area contributed by atoms with Crippen molar-refractivity contribution in [2.24, 2.45) is 0 Å². The first-order valence-electron chi connectivity index (χ1n) is 6.14. The van der Waals surface area contributed by atoms with Crippen LogP contribution in [0.3, 0.4) is 0 Å². The van der Waals surface area contributed by atoms with E-state index in [4.69, 9.17) is 10.2 Å². The van der Waals surface area contributed by atoms with Crippen molar-refractivity contribution >= 4 is 28.1 Å². The highest BCUT2D eigenvalue weighted by atomic mass is 32.1. The van der Waals surface area contributed by atoms with E-state index in [2.05, 4.69) is 19.1 Å². The van der Waals surface area contributed by atoms with Gasteiger partial charge in [-0.15, -0.1) is 11.3 Å². The zero-order chi connectivity index (χ0) is 13.4. The number of rotatable bonds is 3. The van der Waals surface area contributed by atoms with Gasteiger partial charge in [0, 0.05) is 15.4 Å². The van der Waals surface area contributed by atoms with Gasteiger partial charge in [-0.05, 0) is 36.8 Å². The third-order valence-electron chi connectivity index (χ3n) is 3.07. The Balaban J connectivity index is 2.06. The normalized spacial score (nSPS) is 11.2. The van der Waals surface area contributed by atoms with E-state index in [1.165, 1.54) is 4.88 Å². The van der Waals surface area contributed by atoms with E-state index >= 15 is 0 Å². The SMILES string of the molecule is CCc1ccc(Cn2c(=O)oc3ccc(N)cc32)s1. The Hall–Kier alpha value is -2.01. The lowest BCUT2D eigenvalue weighted by molar-refractivity contribution is 0.518. The fourth-order valence-corrected chi connectivity index (χ4v) is 3.03. The maximum Gasteiger partial charge on any atom is 0.420 e. The number of aromatic nitrogens is 1. The molecular formula is C14H14N2O2S. The highest BCUT2D eigenvalue weighted by molar-refractivity contribution is 7.11. The number of hydrogen-bond acceptors (Lipinski definition) is 4. The van der Waals surface area contributed by atoms with Gasteiger partial charge >= 0.3 is 5.76 Å². The maximum atomic E-state index is 11.9. The summed E-state index contributed by atoms with van der Waals surface area (Å²) in [6, 6.07) is 9.39. The molecule has 98 valence electrons. The zero-order valence-corrected chi connectivity index (χ0v) is 11.4. The van der Waals surface area contributed by atoms with Gasteiger partial charge in [0.25, 0.3) is 0 Å². The minimum Gasteiger partial charge on any atom is -0.408 e. The smallest absolute Gasteiger partial charge is 0.408 e. The molecule has 0 spiro atoms. The number of aryl methyl sites for hydroxylation is 1. The molecule has 3 rings (SSSR count). The largest absolute Gasteiger partial charge is 0.420 e. The summed E-state index contributed by atoms with van der Waals surface area (Å²) >= 11 is 1.72. The van der Waals surface area contributed by atoms with Crippen LogP contribution in [0, 0.1) is 0 Å². The number of thiophene rings is 1. The second-order valence-corrected chi connectivity index (χ2v) is 5.66. The molecule has 0 fully saturated rings. The molecule has 5 heteroatoms. The number of oxazole rings is 1. The van der Waals surface area contributed by atoms with E-state index in [0.717, 1.165) is 16.8 Å². The van der Waals surface area contributed by atoms with Crippen molar-refractivity contribution in [1.82, 2.24) is 4.57 Å². The molecule has 0 atom stereocenters. The zero-order valence-electron chi connectivity index (χ0n) is 10.6. The number of benzene rings is 1. The summed E-state index contributed by atoms with van der Waals surface area (Å²) in [6.07, 6.45) is 1.01. The summed E-state index contributed by atoms with van der Waals surface area (Å²) in [6.45, 7) is 2.65. The monoisotopic (exact) mass is 274 g/mol. The molecule has 4 nitrogen and oxygen atoms in total. The average molecular weight is 274 g/mol. The first-order valence-corrected chi connectivity index (χ1v) is 6.95. The Morgan fingerprint density at radius 3 is 2.79 bits per heavy atom. The first kappa shape index (κ1) is 12.0. The number of fused-ring (bicyclic) bond motifs is 1. The van der Waals surface area contributed by atoms with Gasteiger partial charge in [0.2, 0.25) is 0 Å². The molecule has 0 aliphatic rings. The maximum absolute atomic E-state index is 11.9. The molecule has 19 heavy (non-hydrogen) atoms. The summed E-state index contributed by atoms with van der Waals surface area (Å²) < 4.78 is 6.84. The molecule has 0 unspecified atom stereocenters. The number of nitrogens with zero attached hydrogens (tertiary/aromatic N) is 1. The molecule has 1 aromatic carbocycles. The number of nitrogen functional groups attached to an aromatic ring is 1. The average Bonchev–Trinajstić information content (AvgIpc) is 2.96. The van der Waals surface area contributed by atoms with E-state index in [1.807, 2.05) is 0 Å². The van der Waals surface area contributed by atoms with Crippen LogP contribution in [0.1, 0.15) is 16.7 Å². The van der Waals surface area contributed by atoms with Gasteiger partial charge in [-0.25, -0.2) is 4.79 Å². The number of anilines is 1. The lowest BCUT2D eigenvalue weighted by Crippen LogP contribution is -2.14. The van der Waals surface area contributed by atoms with Gasteiger partial charge in [-0.3, -0.25) is 4.57 Å². The first-order chi connectivity index (χ1) is 9.17. The van der Waals surface area contributed by atoms with Crippen LogP contribution in [-0.4, -0.2) is 4.57 Å². The van der Waals surface area contributed by atoms with Gasteiger partial charge in [0.1, 0.15) is 0 Å². The molecule has 0 bridgehead atoms. The molecule has 2 aromatic heterocycles. The van der Waals surface area contributed by atoms with Crippen LogP contribution in [-0.2, 0) is 13.0 Å². The highest BCUT2D eigenvalue weighted by Gasteiger charge is 2.10. The van der Waals surface area contributed by atoms with Gasteiger partial charge < -0.3 is 10.2 Å². The van der Waals surface area contributed by atoms with Crippen LogP contribution in [0.4, 0.5) is 5.69 Å². The fraction of sp³-hybridized carbons (Fsp3) is 0.214. The Bertz CT molecular complexity index is 782. The molecule has 2 heterocycles. The Labute approximate surface area is 114 Å². The summed E-state index contributed by atoms with van der Waals surface area (Å²) in [5.74, 6) is -0.341. The summed E-state index contributed by atoms with van der Waals surface area (Å²) in [7, 11) is 0. The third kappa shape index (κ3) is 2.17. The van der Waals surface area contributed by atoms with Crippen molar-refractivity contribution in [3.8, 4) is 0 Å². The van der Waals surface area contributed by atoms with Crippen molar-refractivity contribution in [3.05, 3.63) is 50.6 Å². The highest BCUT2D eigenvalue weighted by Crippen LogP contribution is 2.21. The summed E-state index contributed by atoms with van der Waals surface area (Å²) in [4.78, 5) is 14.3. The van der Waals surface area contributed by atoms with Crippen LogP contribution in [0.5, 0.6) is 0 Å². The van der Waals surface area contributed by atoms with E-state index in [0.29, 0.717) is 17.8 Å². The van der Waals surface area contributed by atoms with Gasteiger partial charge in [-0.1, -0.05) is 6.92 Å². The van der Waals surface area contributed by atoms with Crippen LogP contribution in [0.25, 0.3) is 11.1 Å². The van der Waals surface area contributed by atoms with Crippen molar-refractivity contribution in [3.63, 3.8) is 0 Å². The minimum absolute atomic E-state index is 0.341. The van der Waals surface area contributed by atoms with Gasteiger partial charge in [0.05, 0.1) is 12.1 Å². The molecule has 0 saturated carbocycles.